The fourth-order valence-corrected chi connectivity index (χ4v) is 5.94. The summed E-state index contributed by atoms with van der Waals surface area (Å²) in [6, 6.07) is 30.5. The van der Waals surface area contributed by atoms with Crippen molar-refractivity contribution in [3.8, 4) is 0 Å². The molecule has 1 amide bonds. The molecule has 3 rings (SSSR count). The van der Waals surface area contributed by atoms with Crippen LogP contribution in [-0.2, 0) is 14.3 Å². The summed E-state index contributed by atoms with van der Waals surface area (Å²) in [5, 5.41) is 22.3. The molecule has 3 atom stereocenters. The number of amides is 1. The van der Waals surface area contributed by atoms with Gasteiger partial charge in [0.2, 0.25) is 5.91 Å². The minimum atomic E-state index is -1.06. The molecule has 38 heavy (non-hydrogen) atoms. The first kappa shape index (κ1) is 29.2. The Morgan fingerprint density at radius 1 is 0.895 bits per heavy atom. The number of carboxylic acids is 1. The lowest BCUT2D eigenvalue weighted by Gasteiger charge is -2.35. The normalized spacial score (nSPS) is 14.1. The topological polar surface area (TPSA) is 86.6 Å². The molecular formula is C32H37NO4S. The molecule has 0 saturated heterocycles. The zero-order chi connectivity index (χ0) is 27.4. The fraction of sp³-hybridized carbons (Fsp3) is 0.312. The monoisotopic (exact) mass is 531 g/mol. The van der Waals surface area contributed by atoms with Crippen LogP contribution in [0.15, 0.2) is 103 Å². The number of carbonyl (C=O) groups is 2. The number of hydrogen-bond acceptors (Lipinski definition) is 4. The molecule has 0 aliphatic carbocycles. The number of benzene rings is 3. The molecule has 0 fully saturated rings. The molecule has 3 unspecified atom stereocenters. The van der Waals surface area contributed by atoms with Gasteiger partial charge in [0, 0.05) is 0 Å². The van der Waals surface area contributed by atoms with Crippen LogP contribution in [0.5, 0.6) is 0 Å². The van der Waals surface area contributed by atoms with E-state index in [0.29, 0.717) is 12.8 Å². The van der Waals surface area contributed by atoms with Crippen LogP contribution >= 0.6 is 11.8 Å². The number of hydrogen-bond donors (Lipinski definition) is 3. The van der Waals surface area contributed by atoms with Crippen LogP contribution in [0.25, 0.3) is 0 Å². The second kappa shape index (κ2) is 14.6. The van der Waals surface area contributed by atoms with Crippen molar-refractivity contribution in [3.05, 3.63) is 120 Å². The zero-order valence-corrected chi connectivity index (χ0v) is 22.8. The fourth-order valence-electron chi connectivity index (χ4n) is 4.48. The lowest BCUT2D eigenvalue weighted by molar-refractivity contribution is -0.143. The van der Waals surface area contributed by atoms with Crippen molar-refractivity contribution in [2.75, 3.05) is 5.75 Å². The molecule has 0 aliphatic rings. The second-order valence-electron chi connectivity index (χ2n) is 9.38. The molecule has 0 bridgehead atoms. The maximum Gasteiger partial charge on any atom is 0.326 e. The highest BCUT2D eigenvalue weighted by molar-refractivity contribution is 8.00. The molecule has 0 spiro atoms. The average molecular weight is 532 g/mol. The van der Waals surface area contributed by atoms with E-state index >= 15 is 0 Å². The van der Waals surface area contributed by atoms with Gasteiger partial charge in [-0.2, -0.15) is 0 Å². The van der Waals surface area contributed by atoms with Crippen LogP contribution in [-0.4, -0.2) is 40.0 Å². The van der Waals surface area contributed by atoms with Crippen LogP contribution in [0.4, 0.5) is 0 Å². The van der Waals surface area contributed by atoms with E-state index in [1.807, 2.05) is 43.0 Å². The largest absolute Gasteiger partial charge is 0.480 e. The van der Waals surface area contributed by atoms with Crippen molar-refractivity contribution < 1.29 is 19.8 Å². The third-order valence-corrected chi connectivity index (χ3v) is 8.27. The first-order chi connectivity index (χ1) is 18.4. The molecule has 0 aliphatic heterocycles. The van der Waals surface area contributed by atoms with E-state index in [2.05, 4.69) is 78.1 Å². The Morgan fingerprint density at radius 2 is 1.37 bits per heavy atom. The van der Waals surface area contributed by atoms with E-state index in [0.717, 1.165) is 5.75 Å². The highest BCUT2D eigenvalue weighted by Gasteiger charge is 2.36. The number of thioether (sulfide) groups is 1. The van der Waals surface area contributed by atoms with E-state index in [-0.39, 0.29) is 12.3 Å². The third-order valence-electron chi connectivity index (χ3n) is 6.69. The molecule has 6 heteroatoms. The van der Waals surface area contributed by atoms with Crippen molar-refractivity contribution in [1.29, 1.82) is 0 Å². The lowest BCUT2D eigenvalue weighted by Crippen LogP contribution is -2.45. The first-order valence-corrected chi connectivity index (χ1v) is 14.0. The number of carbonyl (C=O) groups excluding carboxylic acids is 1. The van der Waals surface area contributed by atoms with Gasteiger partial charge in [0.05, 0.1) is 17.3 Å². The molecule has 0 radical (unpaired) electrons. The van der Waals surface area contributed by atoms with Crippen LogP contribution in [0.1, 0.15) is 49.8 Å². The Morgan fingerprint density at radius 3 is 1.79 bits per heavy atom. The van der Waals surface area contributed by atoms with Crippen LogP contribution in [0.3, 0.4) is 0 Å². The summed E-state index contributed by atoms with van der Waals surface area (Å²) in [4.78, 5) is 23.8. The van der Waals surface area contributed by atoms with Crippen LogP contribution in [0.2, 0.25) is 0 Å². The summed E-state index contributed by atoms with van der Waals surface area (Å²) < 4.78 is -0.405. The molecule has 3 aromatic rings. The van der Waals surface area contributed by atoms with Crippen LogP contribution in [0, 0.1) is 5.92 Å². The van der Waals surface area contributed by atoms with E-state index in [1.54, 1.807) is 13.0 Å². The Balaban J connectivity index is 1.70. The lowest BCUT2D eigenvalue weighted by atomic mass is 9.84. The predicted octanol–water partition coefficient (Wildman–Crippen LogP) is 6.02. The van der Waals surface area contributed by atoms with Gasteiger partial charge >= 0.3 is 5.97 Å². The Labute approximate surface area is 230 Å². The minimum Gasteiger partial charge on any atom is -0.480 e. The Kier molecular flexibility index (Phi) is 11.2. The summed E-state index contributed by atoms with van der Waals surface area (Å²) in [7, 11) is 0. The summed E-state index contributed by atoms with van der Waals surface area (Å²) in [5.74, 6) is -0.947. The van der Waals surface area contributed by atoms with Crippen molar-refractivity contribution in [1.82, 2.24) is 5.32 Å². The number of carboxylic acid groups (broad SMARTS) is 1. The first-order valence-electron chi connectivity index (χ1n) is 13.1. The number of rotatable bonds is 14. The molecule has 0 aromatic heterocycles. The molecule has 0 heterocycles. The Bertz CT molecular complexity index is 1070. The molecule has 3 aromatic carbocycles. The van der Waals surface area contributed by atoms with Gasteiger partial charge < -0.3 is 15.5 Å². The summed E-state index contributed by atoms with van der Waals surface area (Å²) >= 11 is 1.83. The van der Waals surface area contributed by atoms with E-state index in [4.69, 9.17) is 0 Å². The SMILES string of the molecule is CCC(C)C(NC(=O)CC(O)C=CCCSC(c1ccccc1)(c1ccccc1)c1ccccc1)C(=O)O. The maximum atomic E-state index is 12.3. The average Bonchev–Trinajstić information content (AvgIpc) is 2.94. The summed E-state index contributed by atoms with van der Waals surface area (Å²) in [6.45, 7) is 3.66. The van der Waals surface area contributed by atoms with Gasteiger partial charge in [-0.25, -0.2) is 4.79 Å². The van der Waals surface area contributed by atoms with Crippen molar-refractivity contribution in [3.63, 3.8) is 0 Å². The van der Waals surface area contributed by atoms with Crippen molar-refractivity contribution in [2.24, 2.45) is 5.92 Å². The van der Waals surface area contributed by atoms with E-state index in [9.17, 15) is 19.8 Å². The van der Waals surface area contributed by atoms with Gasteiger partial charge in [-0.3, -0.25) is 4.79 Å². The molecule has 5 nitrogen and oxygen atoms in total. The number of allylic oxidation sites excluding steroid dienone is 1. The summed E-state index contributed by atoms with van der Waals surface area (Å²) in [6.07, 6.45) is 3.68. The highest BCUT2D eigenvalue weighted by atomic mass is 32.2. The smallest absolute Gasteiger partial charge is 0.326 e. The predicted molar refractivity (Wildman–Crippen MR) is 155 cm³/mol. The standard InChI is InChI=1S/C32H37NO4S/c1-3-24(2)30(31(36)37)33-29(35)23-28(34)21-13-14-22-38-32(25-15-7-4-8-16-25,26-17-9-5-10-18-26)27-19-11-6-12-20-27/h4-13,15-21,24,28,30,34H,3,14,22-23H2,1-2H3,(H,33,35)(H,36,37). The van der Waals surface area contributed by atoms with Gasteiger partial charge in [-0.1, -0.05) is 123 Å². The van der Waals surface area contributed by atoms with Gasteiger partial charge in [-0.15, -0.1) is 11.8 Å². The maximum absolute atomic E-state index is 12.3. The quantitative estimate of drug-likeness (QED) is 0.134. The van der Waals surface area contributed by atoms with Gasteiger partial charge in [0.25, 0.3) is 0 Å². The van der Waals surface area contributed by atoms with Gasteiger partial charge in [0.15, 0.2) is 0 Å². The molecule has 200 valence electrons. The van der Waals surface area contributed by atoms with Crippen LogP contribution < -0.4 is 5.32 Å². The van der Waals surface area contributed by atoms with E-state index in [1.165, 1.54) is 16.7 Å². The molecule has 3 N–H and O–H groups in total. The third kappa shape index (κ3) is 7.59. The molecule has 0 saturated carbocycles. The minimum absolute atomic E-state index is 0.175. The second-order valence-corrected chi connectivity index (χ2v) is 10.7. The highest BCUT2D eigenvalue weighted by Crippen LogP contribution is 2.48. The number of nitrogens with one attached hydrogen (secondary N) is 1. The number of aliphatic carboxylic acids is 1. The van der Waals surface area contributed by atoms with Gasteiger partial charge in [0.1, 0.15) is 6.04 Å². The van der Waals surface area contributed by atoms with E-state index < -0.39 is 28.8 Å². The van der Waals surface area contributed by atoms with Gasteiger partial charge in [-0.05, 0) is 34.8 Å². The Hall–Kier alpha value is -3.35. The van der Waals surface area contributed by atoms with Crippen molar-refractivity contribution >= 4 is 23.6 Å². The summed E-state index contributed by atoms with van der Waals surface area (Å²) in [5.41, 5.74) is 3.58. The zero-order valence-electron chi connectivity index (χ0n) is 22.0. The van der Waals surface area contributed by atoms with Crippen molar-refractivity contribution in [2.45, 2.75) is 50.0 Å². The number of aliphatic hydroxyl groups is 1. The number of aliphatic hydroxyl groups excluding tert-OH is 1. The molecular weight excluding hydrogens is 494 g/mol.